The standard InChI is InChI=1S/C16H20N4O2S/c1-20(12-4-2-10(17)3-5-12)16-18-7-6-11(19-16)8-14-13(21)9-15(22)23-14/h6-8,10,12H,2-5,9,17H2,1H3/b14-8-/t10-,12-. The molecule has 122 valence electrons. The molecule has 1 saturated heterocycles. The number of rotatable bonds is 3. The van der Waals surface area contributed by atoms with Crippen LogP contribution in [0.5, 0.6) is 0 Å². The molecule has 23 heavy (non-hydrogen) atoms. The van der Waals surface area contributed by atoms with Gasteiger partial charge in [-0.1, -0.05) is 0 Å². The average molecular weight is 332 g/mol. The molecule has 2 N–H and O–H groups in total. The number of Topliss-reactive ketones (excluding diaryl/α,β-unsaturated/α-hetero) is 1. The fourth-order valence-electron chi connectivity index (χ4n) is 2.94. The molecule has 2 aliphatic rings. The molecule has 7 heteroatoms. The van der Waals surface area contributed by atoms with Gasteiger partial charge in [0.2, 0.25) is 11.1 Å². The topological polar surface area (TPSA) is 89.2 Å². The second kappa shape index (κ2) is 6.80. The Bertz CT molecular complexity index is 653. The predicted octanol–water partition coefficient (Wildman–Crippen LogP) is 1.76. The van der Waals surface area contributed by atoms with Crippen LogP contribution in [0.2, 0.25) is 0 Å². The van der Waals surface area contributed by atoms with Crippen molar-refractivity contribution in [3.8, 4) is 0 Å². The third kappa shape index (κ3) is 3.79. The van der Waals surface area contributed by atoms with E-state index < -0.39 is 0 Å². The van der Waals surface area contributed by atoms with E-state index in [-0.39, 0.29) is 17.3 Å². The van der Waals surface area contributed by atoms with Crippen molar-refractivity contribution in [1.29, 1.82) is 0 Å². The first-order chi connectivity index (χ1) is 11.0. The van der Waals surface area contributed by atoms with Crippen molar-refractivity contribution in [2.75, 3.05) is 11.9 Å². The number of thioether (sulfide) groups is 1. The molecule has 1 aromatic heterocycles. The van der Waals surface area contributed by atoms with Crippen molar-refractivity contribution in [2.45, 2.75) is 44.2 Å². The van der Waals surface area contributed by atoms with Crippen molar-refractivity contribution in [3.63, 3.8) is 0 Å². The molecule has 0 atom stereocenters. The van der Waals surface area contributed by atoms with Gasteiger partial charge in [-0.25, -0.2) is 9.97 Å². The highest BCUT2D eigenvalue weighted by Gasteiger charge is 2.26. The Labute approximate surface area is 139 Å². The lowest BCUT2D eigenvalue weighted by atomic mass is 9.91. The Morgan fingerprint density at radius 3 is 2.70 bits per heavy atom. The molecular formula is C16H20N4O2S. The summed E-state index contributed by atoms with van der Waals surface area (Å²) in [6.45, 7) is 0. The zero-order chi connectivity index (χ0) is 16.4. The summed E-state index contributed by atoms with van der Waals surface area (Å²) < 4.78 is 0. The zero-order valence-electron chi connectivity index (χ0n) is 13.1. The summed E-state index contributed by atoms with van der Waals surface area (Å²) in [5.41, 5.74) is 6.61. The molecule has 1 saturated carbocycles. The van der Waals surface area contributed by atoms with E-state index in [1.165, 1.54) is 0 Å². The van der Waals surface area contributed by atoms with Gasteiger partial charge in [0.25, 0.3) is 0 Å². The van der Waals surface area contributed by atoms with E-state index in [1.807, 2.05) is 7.05 Å². The van der Waals surface area contributed by atoms with Crippen LogP contribution in [0.25, 0.3) is 6.08 Å². The number of hydrogen-bond donors (Lipinski definition) is 1. The van der Waals surface area contributed by atoms with Gasteiger partial charge in [0.15, 0.2) is 5.78 Å². The quantitative estimate of drug-likeness (QED) is 0.666. The average Bonchev–Trinajstić information content (AvgIpc) is 2.85. The Kier molecular flexibility index (Phi) is 4.77. The van der Waals surface area contributed by atoms with Gasteiger partial charge < -0.3 is 10.6 Å². The fraction of sp³-hybridized carbons (Fsp3) is 0.500. The molecule has 3 rings (SSSR count). The SMILES string of the molecule is CN(c1nccc(/C=C2\SC(=O)CC2=O)n1)[C@H]1CC[C@H](N)CC1. The number of nitrogens with zero attached hydrogens (tertiary/aromatic N) is 3. The summed E-state index contributed by atoms with van der Waals surface area (Å²) in [5, 5.41) is -0.105. The zero-order valence-corrected chi connectivity index (χ0v) is 13.9. The molecule has 0 radical (unpaired) electrons. The van der Waals surface area contributed by atoms with E-state index in [1.54, 1.807) is 18.3 Å². The molecule has 2 heterocycles. The monoisotopic (exact) mass is 332 g/mol. The fourth-order valence-corrected chi connectivity index (χ4v) is 3.76. The summed E-state index contributed by atoms with van der Waals surface area (Å²) in [4.78, 5) is 34.4. The Balaban J connectivity index is 1.76. The summed E-state index contributed by atoms with van der Waals surface area (Å²) in [6, 6.07) is 2.44. The Hall–Kier alpha value is -1.73. The van der Waals surface area contributed by atoms with Crippen molar-refractivity contribution >= 4 is 34.7 Å². The number of ketones is 1. The second-order valence-electron chi connectivity index (χ2n) is 6.04. The minimum absolute atomic E-state index is 0.0172. The molecule has 1 aliphatic carbocycles. The van der Waals surface area contributed by atoms with Gasteiger partial charge in [0, 0.05) is 25.3 Å². The van der Waals surface area contributed by atoms with Gasteiger partial charge in [0.05, 0.1) is 17.0 Å². The van der Waals surface area contributed by atoms with E-state index in [0.717, 1.165) is 37.4 Å². The van der Waals surface area contributed by atoms with Crippen LogP contribution in [0.4, 0.5) is 5.95 Å². The molecule has 0 amide bonds. The summed E-state index contributed by atoms with van der Waals surface area (Å²) >= 11 is 0.996. The molecule has 0 unspecified atom stereocenters. The molecule has 0 aromatic carbocycles. The van der Waals surface area contributed by atoms with Crippen LogP contribution >= 0.6 is 11.8 Å². The number of nitrogens with two attached hydrogens (primary N) is 1. The van der Waals surface area contributed by atoms with Gasteiger partial charge in [-0.3, -0.25) is 9.59 Å². The third-order valence-electron chi connectivity index (χ3n) is 4.35. The maximum atomic E-state index is 11.7. The Morgan fingerprint density at radius 2 is 2.04 bits per heavy atom. The maximum Gasteiger partial charge on any atom is 0.225 e. The summed E-state index contributed by atoms with van der Waals surface area (Å²) in [5.74, 6) is 0.511. The van der Waals surface area contributed by atoms with E-state index in [0.29, 0.717) is 28.6 Å². The number of hydrogen-bond acceptors (Lipinski definition) is 7. The van der Waals surface area contributed by atoms with Crippen LogP contribution in [-0.2, 0) is 9.59 Å². The van der Waals surface area contributed by atoms with Crippen LogP contribution < -0.4 is 10.6 Å². The molecule has 1 aromatic rings. The lowest BCUT2D eigenvalue weighted by molar-refractivity contribution is -0.119. The number of carbonyl (C=O) groups excluding carboxylic acids is 2. The predicted molar refractivity (Wildman–Crippen MR) is 90.9 cm³/mol. The minimum Gasteiger partial charge on any atom is -0.341 e. The lowest BCUT2D eigenvalue weighted by Crippen LogP contribution is -2.39. The van der Waals surface area contributed by atoms with Gasteiger partial charge in [-0.15, -0.1) is 0 Å². The molecular weight excluding hydrogens is 312 g/mol. The van der Waals surface area contributed by atoms with Crippen LogP contribution in [0.15, 0.2) is 17.2 Å². The number of anilines is 1. The highest BCUT2D eigenvalue weighted by atomic mass is 32.2. The highest BCUT2D eigenvalue weighted by molar-refractivity contribution is 8.18. The molecule has 0 bridgehead atoms. The third-order valence-corrected chi connectivity index (χ3v) is 5.29. The van der Waals surface area contributed by atoms with Gasteiger partial charge in [-0.05, 0) is 49.6 Å². The van der Waals surface area contributed by atoms with E-state index in [2.05, 4.69) is 14.9 Å². The van der Waals surface area contributed by atoms with Crippen LogP contribution in [0.1, 0.15) is 37.8 Å². The first-order valence-electron chi connectivity index (χ1n) is 7.80. The largest absolute Gasteiger partial charge is 0.341 e. The van der Waals surface area contributed by atoms with Crippen molar-refractivity contribution in [3.05, 3.63) is 22.9 Å². The number of carbonyl (C=O) groups is 2. The molecule has 1 aliphatic heterocycles. The van der Waals surface area contributed by atoms with Gasteiger partial charge in [-0.2, -0.15) is 0 Å². The van der Waals surface area contributed by atoms with Crippen LogP contribution in [-0.4, -0.2) is 40.0 Å². The van der Waals surface area contributed by atoms with E-state index in [4.69, 9.17) is 5.73 Å². The first-order valence-corrected chi connectivity index (χ1v) is 8.61. The summed E-state index contributed by atoms with van der Waals surface area (Å²) in [6.07, 6.45) is 7.46. The molecule has 6 nitrogen and oxygen atoms in total. The van der Waals surface area contributed by atoms with E-state index in [9.17, 15) is 9.59 Å². The first kappa shape index (κ1) is 16.1. The van der Waals surface area contributed by atoms with Crippen molar-refractivity contribution in [1.82, 2.24) is 9.97 Å². The maximum absolute atomic E-state index is 11.7. The highest BCUT2D eigenvalue weighted by Crippen LogP contribution is 2.30. The number of allylic oxidation sites excluding steroid dienone is 1. The normalized spacial score (nSPS) is 26.8. The second-order valence-corrected chi connectivity index (χ2v) is 7.14. The molecule has 0 spiro atoms. The van der Waals surface area contributed by atoms with Gasteiger partial charge >= 0.3 is 0 Å². The molecule has 2 fully saturated rings. The van der Waals surface area contributed by atoms with Crippen molar-refractivity contribution in [2.24, 2.45) is 5.73 Å². The smallest absolute Gasteiger partial charge is 0.225 e. The lowest BCUT2D eigenvalue weighted by Gasteiger charge is -2.33. The van der Waals surface area contributed by atoms with Gasteiger partial charge in [0.1, 0.15) is 0 Å². The number of aromatic nitrogens is 2. The minimum atomic E-state index is -0.130. The van der Waals surface area contributed by atoms with Crippen LogP contribution in [0.3, 0.4) is 0 Å². The Morgan fingerprint density at radius 1 is 1.30 bits per heavy atom. The van der Waals surface area contributed by atoms with Crippen molar-refractivity contribution < 1.29 is 9.59 Å². The van der Waals surface area contributed by atoms with E-state index >= 15 is 0 Å². The van der Waals surface area contributed by atoms with Crippen LogP contribution in [0, 0.1) is 0 Å². The summed E-state index contributed by atoms with van der Waals surface area (Å²) in [7, 11) is 1.99.